The number of hydrogen-bond acceptors (Lipinski definition) is 3. The van der Waals surface area contributed by atoms with Crippen molar-refractivity contribution in [2.24, 2.45) is 0 Å². The number of aryl methyl sites for hydroxylation is 3. The number of anilines is 1. The first-order valence-corrected chi connectivity index (χ1v) is 7.93. The molecule has 4 heteroatoms. The standard InChI is InChI=1S/C19H18N2O2/c1-12-7-16(5-6-20-12)21-19(22)10-15-11-23-18-9-14-4-2-3-13(14)8-17(15)18/h5-9,11H,2-4,10H2,1H3,(H,20,21,22). The van der Waals surface area contributed by atoms with Crippen LogP contribution in [0.3, 0.4) is 0 Å². The number of aromatic nitrogens is 1. The van der Waals surface area contributed by atoms with Crippen LogP contribution in [0.2, 0.25) is 0 Å². The Morgan fingerprint density at radius 2 is 2.09 bits per heavy atom. The molecule has 0 saturated heterocycles. The number of carbonyl (C=O) groups is 1. The summed E-state index contributed by atoms with van der Waals surface area (Å²) in [5.41, 5.74) is 6.26. The summed E-state index contributed by atoms with van der Waals surface area (Å²) >= 11 is 0. The number of pyridine rings is 1. The number of furan rings is 1. The summed E-state index contributed by atoms with van der Waals surface area (Å²) in [4.78, 5) is 16.4. The van der Waals surface area contributed by atoms with Gasteiger partial charge in [-0.25, -0.2) is 0 Å². The van der Waals surface area contributed by atoms with E-state index in [1.165, 1.54) is 17.5 Å². The zero-order valence-electron chi connectivity index (χ0n) is 13.1. The molecular weight excluding hydrogens is 288 g/mol. The third kappa shape index (κ3) is 2.72. The summed E-state index contributed by atoms with van der Waals surface area (Å²) in [6.07, 6.45) is 7.17. The average Bonchev–Trinajstić information content (AvgIpc) is 3.12. The molecule has 1 aliphatic rings. The smallest absolute Gasteiger partial charge is 0.228 e. The zero-order chi connectivity index (χ0) is 15.8. The first-order chi connectivity index (χ1) is 11.2. The van der Waals surface area contributed by atoms with Crippen LogP contribution >= 0.6 is 0 Å². The van der Waals surface area contributed by atoms with Crippen LogP contribution in [0.5, 0.6) is 0 Å². The number of benzene rings is 1. The van der Waals surface area contributed by atoms with E-state index in [1.807, 2.05) is 13.0 Å². The monoisotopic (exact) mass is 306 g/mol. The lowest BCUT2D eigenvalue weighted by atomic mass is 10.0. The highest BCUT2D eigenvalue weighted by Crippen LogP contribution is 2.30. The minimum Gasteiger partial charge on any atom is -0.464 e. The van der Waals surface area contributed by atoms with E-state index in [-0.39, 0.29) is 5.91 Å². The molecule has 116 valence electrons. The highest BCUT2D eigenvalue weighted by molar-refractivity contribution is 5.95. The van der Waals surface area contributed by atoms with Gasteiger partial charge in [0.2, 0.25) is 5.91 Å². The molecule has 23 heavy (non-hydrogen) atoms. The third-order valence-corrected chi connectivity index (χ3v) is 4.40. The molecule has 0 fully saturated rings. The van der Waals surface area contributed by atoms with E-state index in [9.17, 15) is 4.79 Å². The molecular formula is C19H18N2O2. The van der Waals surface area contributed by atoms with E-state index in [1.54, 1.807) is 18.5 Å². The maximum Gasteiger partial charge on any atom is 0.228 e. The Bertz CT molecular complexity index is 896. The molecule has 0 unspecified atom stereocenters. The number of rotatable bonds is 3. The number of nitrogens with zero attached hydrogens (tertiary/aromatic N) is 1. The second-order valence-electron chi connectivity index (χ2n) is 6.14. The SMILES string of the molecule is Cc1cc(NC(=O)Cc2coc3cc4c(cc23)CCC4)ccn1. The van der Waals surface area contributed by atoms with Gasteiger partial charge >= 0.3 is 0 Å². The largest absolute Gasteiger partial charge is 0.464 e. The Hall–Kier alpha value is -2.62. The van der Waals surface area contributed by atoms with Crippen LogP contribution in [0.15, 0.2) is 41.1 Å². The fraction of sp³-hybridized carbons (Fsp3) is 0.263. The van der Waals surface area contributed by atoms with Crippen molar-refractivity contribution in [3.8, 4) is 0 Å². The van der Waals surface area contributed by atoms with Gasteiger partial charge in [-0.05, 0) is 61.6 Å². The normalized spacial score (nSPS) is 13.3. The summed E-state index contributed by atoms with van der Waals surface area (Å²) in [7, 11) is 0. The Morgan fingerprint density at radius 3 is 2.91 bits per heavy atom. The van der Waals surface area contributed by atoms with Gasteiger partial charge < -0.3 is 9.73 Å². The lowest BCUT2D eigenvalue weighted by Gasteiger charge is -2.05. The van der Waals surface area contributed by atoms with Crippen LogP contribution in [0.1, 0.15) is 28.8 Å². The van der Waals surface area contributed by atoms with Gasteiger partial charge in [-0.1, -0.05) is 0 Å². The molecule has 0 saturated carbocycles. The molecule has 1 aromatic carbocycles. The molecule has 1 aliphatic carbocycles. The Balaban J connectivity index is 1.56. The van der Waals surface area contributed by atoms with Crippen molar-refractivity contribution in [3.05, 3.63) is 59.1 Å². The van der Waals surface area contributed by atoms with Crippen molar-refractivity contribution in [1.29, 1.82) is 0 Å². The second kappa shape index (κ2) is 5.54. The van der Waals surface area contributed by atoms with Crippen LogP contribution in [0.25, 0.3) is 11.0 Å². The van der Waals surface area contributed by atoms with Crippen LogP contribution < -0.4 is 5.32 Å². The fourth-order valence-corrected chi connectivity index (χ4v) is 3.29. The van der Waals surface area contributed by atoms with E-state index in [2.05, 4.69) is 22.4 Å². The Morgan fingerprint density at radius 1 is 1.26 bits per heavy atom. The fourth-order valence-electron chi connectivity index (χ4n) is 3.29. The molecule has 0 atom stereocenters. The third-order valence-electron chi connectivity index (χ3n) is 4.40. The van der Waals surface area contributed by atoms with Crippen molar-refractivity contribution in [3.63, 3.8) is 0 Å². The first kappa shape index (κ1) is 14.0. The van der Waals surface area contributed by atoms with Crippen LogP contribution in [-0.4, -0.2) is 10.9 Å². The van der Waals surface area contributed by atoms with E-state index in [0.717, 1.165) is 40.8 Å². The van der Waals surface area contributed by atoms with Gasteiger partial charge in [-0.15, -0.1) is 0 Å². The highest BCUT2D eigenvalue weighted by Gasteiger charge is 2.16. The van der Waals surface area contributed by atoms with Crippen molar-refractivity contribution in [2.45, 2.75) is 32.6 Å². The van der Waals surface area contributed by atoms with Crippen LogP contribution in [-0.2, 0) is 24.1 Å². The molecule has 2 heterocycles. The molecule has 1 N–H and O–H groups in total. The molecule has 0 radical (unpaired) electrons. The Kier molecular flexibility index (Phi) is 3.37. The van der Waals surface area contributed by atoms with E-state index >= 15 is 0 Å². The van der Waals surface area contributed by atoms with E-state index < -0.39 is 0 Å². The van der Waals surface area contributed by atoms with Gasteiger partial charge in [0.25, 0.3) is 0 Å². The molecule has 2 aromatic heterocycles. The Labute approximate surface area is 134 Å². The maximum absolute atomic E-state index is 12.3. The van der Waals surface area contributed by atoms with Crippen molar-refractivity contribution in [1.82, 2.24) is 4.98 Å². The van der Waals surface area contributed by atoms with Gasteiger partial charge in [-0.3, -0.25) is 9.78 Å². The lowest BCUT2D eigenvalue weighted by molar-refractivity contribution is -0.115. The minimum atomic E-state index is -0.0428. The van der Waals surface area contributed by atoms with Crippen molar-refractivity contribution >= 4 is 22.6 Å². The number of amides is 1. The van der Waals surface area contributed by atoms with E-state index in [0.29, 0.717) is 6.42 Å². The zero-order valence-corrected chi connectivity index (χ0v) is 13.1. The summed E-state index contributed by atoms with van der Waals surface area (Å²) in [5, 5.41) is 3.98. The predicted octanol–water partition coefficient (Wildman–Crippen LogP) is 3.81. The first-order valence-electron chi connectivity index (χ1n) is 7.93. The van der Waals surface area contributed by atoms with Crippen molar-refractivity contribution < 1.29 is 9.21 Å². The molecule has 1 amide bonds. The van der Waals surface area contributed by atoms with Crippen molar-refractivity contribution in [2.75, 3.05) is 5.32 Å². The average molecular weight is 306 g/mol. The van der Waals surface area contributed by atoms with Gasteiger partial charge in [0.1, 0.15) is 5.58 Å². The quantitative estimate of drug-likeness (QED) is 0.800. The van der Waals surface area contributed by atoms with Gasteiger partial charge in [-0.2, -0.15) is 0 Å². The predicted molar refractivity (Wildman–Crippen MR) is 89.5 cm³/mol. The molecule has 0 aliphatic heterocycles. The van der Waals surface area contributed by atoms with Gasteiger partial charge in [0, 0.05) is 28.5 Å². The summed E-state index contributed by atoms with van der Waals surface area (Å²) < 4.78 is 5.65. The second-order valence-corrected chi connectivity index (χ2v) is 6.14. The number of nitrogens with one attached hydrogen (secondary N) is 1. The summed E-state index contributed by atoms with van der Waals surface area (Å²) in [5.74, 6) is -0.0428. The summed E-state index contributed by atoms with van der Waals surface area (Å²) in [6.45, 7) is 1.90. The summed E-state index contributed by atoms with van der Waals surface area (Å²) in [6, 6.07) is 7.98. The number of fused-ring (bicyclic) bond motifs is 2. The van der Waals surface area contributed by atoms with Gasteiger partial charge in [0.05, 0.1) is 12.7 Å². The van der Waals surface area contributed by atoms with Gasteiger partial charge in [0.15, 0.2) is 0 Å². The lowest BCUT2D eigenvalue weighted by Crippen LogP contribution is -2.14. The molecule has 3 aromatic rings. The molecule has 4 nitrogen and oxygen atoms in total. The minimum absolute atomic E-state index is 0.0428. The van der Waals surface area contributed by atoms with Crippen LogP contribution in [0.4, 0.5) is 5.69 Å². The molecule has 4 rings (SSSR count). The number of hydrogen-bond donors (Lipinski definition) is 1. The van der Waals surface area contributed by atoms with Crippen LogP contribution in [0, 0.1) is 6.92 Å². The topological polar surface area (TPSA) is 55.1 Å². The molecule has 0 spiro atoms. The molecule has 0 bridgehead atoms. The maximum atomic E-state index is 12.3. The van der Waals surface area contributed by atoms with E-state index in [4.69, 9.17) is 4.42 Å². The number of carbonyl (C=O) groups excluding carboxylic acids is 1. The highest BCUT2D eigenvalue weighted by atomic mass is 16.3.